The molecule has 4 rings (SSSR count). The Bertz CT molecular complexity index is 812. The van der Waals surface area contributed by atoms with Gasteiger partial charge >= 0.3 is 5.97 Å². The van der Waals surface area contributed by atoms with Crippen molar-refractivity contribution in [3.63, 3.8) is 0 Å². The Labute approximate surface area is 114 Å². The quantitative estimate of drug-likeness (QED) is 0.792. The number of nitrogens with zero attached hydrogens (tertiary/aromatic N) is 2. The van der Waals surface area contributed by atoms with Gasteiger partial charge in [0.05, 0.1) is 17.7 Å². The molecule has 20 heavy (non-hydrogen) atoms. The molecule has 1 aliphatic carbocycles. The smallest absolute Gasteiger partial charge is 0.371 e. The highest BCUT2D eigenvalue weighted by atomic mass is 16.4. The molecular formula is C15H12N2O3. The molecule has 1 saturated carbocycles. The summed E-state index contributed by atoms with van der Waals surface area (Å²) in [5, 5.41) is 9.72. The summed E-state index contributed by atoms with van der Waals surface area (Å²) in [4.78, 5) is 15.3. The average Bonchev–Trinajstić information content (AvgIpc) is 3.03. The predicted molar refractivity (Wildman–Crippen MR) is 72.3 cm³/mol. The van der Waals surface area contributed by atoms with Crippen LogP contribution in [0.2, 0.25) is 0 Å². The molecule has 0 saturated heterocycles. The first-order valence-electron chi connectivity index (χ1n) is 6.52. The Morgan fingerprint density at radius 2 is 2.20 bits per heavy atom. The number of imidazole rings is 1. The number of benzene rings is 1. The number of rotatable bonds is 3. The maximum atomic E-state index is 10.9. The minimum Gasteiger partial charge on any atom is -0.475 e. The molecule has 0 aliphatic heterocycles. The molecule has 0 unspecified atom stereocenters. The maximum Gasteiger partial charge on any atom is 0.371 e. The van der Waals surface area contributed by atoms with Crippen LogP contribution in [0.5, 0.6) is 0 Å². The van der Waals surface area contributed by atoms with Crippen LogP contribution >= 0.6 is 0 Å². The number of fused-ring (bicyclic) bond motifs is 1. The van der Waals surface area contributed by atoms with Gasteiger partial charge in [-0.05, 0) is 31.0 Å². The van der Waals surface area contributed by atoms with Gasteiger partial charge in [0.25, 0.3) is 0 Å². The van der Waals surface area contributed by atoms with E-state index in [9.17, 15) is 4.79 Å². The van der Waals surface area contributed by atoms with Crippen molar-refractivity contribution in [2.45, 2.75) is 18.8 Å². The second-order valence-corrected chi connectivity index (χ2v) is 5.12. The third-order valence-corrected chi connectivity index (χ3v) is 3.61. The number of carboxylic acids is 1. The summed E-state index contributed by atoms with van der Waals surface area (Å²) in [6, 6.07) is 7.16. The van der Waals surface area contributed by atoms with Gasteiger partial charge in [-0.15, -0.1) is 0 Å². The molecule has 1 N–H and O–H groups in total. The molecule has 0 atom stereocenters. The van der Waals surface area contributed by atoms with E-state index in [1.165, 1.54) is 18.9 Å². The fourth-order valence-corrected chi connectivity index (χ4v) is 2.35. The summed E-state index contributed by atoms with van der Waals surface area (Å²) in [5.74, 6) is -0.481. The van der Waals surface area contributed by atoms with Crippen LogP contribution in [0.1, 0.15) is 35.0 Å². The van der Waals surface area contributed by atoms with Crippen molar-refractivity contribution in [2.24, 2.45) is 0 Å². The molecule has 2 aromatic heterocycles. The van der Waals surface area contributed by atoms with E-state index in [-0.39, 0.29) is 5.76 Å². The summed E-state index contributed by atoms with van der Waals surface area (Å²) in [6.45, 7) is 0. The van der Waals surface area contributed by atoms with Crippen LogP contribution < -0.4 is 0 Å². The molecule has 0 radical (unpaired) electrons. The lowest BCUT2D eigenvalue weighted by molar-refractivity contribution is 0.0665. The highest BCUT2D eigenvalue weighted by Crippen LogP contribution is 2.39. The first kappa shape index (κ1) is 11.3. The van der Waals surface area contributed by atoms with E-state index in [1.54, 1.807) is 6.33 Å². The summed E-state index contributed by atoms with van der Waals surface area (Å²) < 4.78 is 7.27. The second kappa shape index (κ2) is 3.96. The maximum absolute atomic E-state index is 10.9. The van der Waals surface area contributed by atoms with Crippen molar-refractivity contribution < 1.29 is 14.3 Å². The fourth-order valence-electron chi connectivity index (χ4n) is 2.35. The van der Waals surface area contributed by atoms with Crippen LogP contribution in [0.4, 0.5) is 0 Å². The molecule has 0 spiro atoms. The Balaban J connectivity index is 1.76. The minimum absolute atomic E-state index is 0.0403. The zero-order valence-corrected chi connectivity index (χ0v) is 10.6. The van der Waals surface area contributed by atoms with E-state index in [0.29, 0.717) is 11.5 Å². The lowest BCUT2D eigenvalue weighted by Crippen LogP contribution is -1.91. The van der Waals surface area contributed by atoms with Crippen LogP contribution in [-0.2, 0) is 0 Å². The molecule has 1 fully saturated rings. The lowest BCUT2D eigenvalue weighted by Gasteiger charge is -2.00. The van der Waals surface area contributed by atoms with Crippen molar-refractivity contribution >= 4 is 16.9 Å². The number of carbonyl (C=O) groups is 1. The van der Waals surface area contributed by atoms with Crippen LogP contribution in [0, 0.1) is 0 Å². The van der Waals surface area contributed by atoms with Gasteiger partial charge in [-0.1, -0.05) is 0 Å². The molecule has 5 nitrogen and oxygen atoms in total. The van der Waals surface area contributed by atoms with Gasteiger partial charge in [0.1, 0.15) is 5.58 Å². The highest BCUT2D eigenvalue weighted by molar-refractivity contribution is 5.91. The van der Waals surface area contributed by atoms with Crippen molar-refractivity contribution in [3.8, 4) is 5.69 Å². The standard InChI is InChI=1S/C15H12N2O3/c18-15(19)14-5-10-3-4-11(6-13(10)20-14)17-7-12(16-8-17)9-1-2-9/h3-9H,1-2H2,(H,18,19). The Morgan fingerprint density at radius 3 is 2.95 bits per heavy atom. The van der Waals surface area contributed by atoms with E-state index in [2.05, 4.69) is 4.98 Å². The Morgan fingerprint density at radius 1 is 1.35 bits per heavy atom. The third-order valence-electron chi connectivity index (χ3n) is 3.61. The molecule has 3 aromatic rings. The monoisotopic (exact) mass is 268 g/mol. The summed E-state index contributed by atoms with van der Waals surface area (Å²) in [5.41, 5.74) is 2.61. The van der Waals surface area contributed by atoms with Gasteiger partial charge in [0, 0.05) is 23.6 Å². The molecule has 0 amide bonds. The lowest BCUT2D eigenvalue weighted by atomic mass is 10.2. The first-order valence-corrected chi connectivity index (χ1v) is 6.52. The summed E-state index contributed by atoms with van der Waals surface area (Å²) in [6.07, 6.45) is 6.25. The van der Waals surface area contributed by atoms with Crippen molar-refractivity contribution in [1.29, 1.82) is 0 Å². The average molecular weight is 268 g/mol. The zero-order chi connectivity index (χ0) is 13.7. The van der Waals surface area contributed by atoms with E-state index in [4.69, 9.17) is 9.52 Å². The number of aromatic nitrogens is 2. The van der Waals surface area contributed by atoms with Gasteiger partial charge in [-0.3, -0.25) is 0 Å². The number of furan rings is 1. The van der Waals surface area contributed by atoms with E-state index in [1.807, 2.05) is 29.0 Å². The third kappa shape index (κ3) is 1.79. The van der Waals surface area contributed by atoms with Crippen LogP contribution in [0.15, 0.2) is 41.2 Å². The molecule has 1 aliphatic rings. The number of hydrogen-bond acceptors (Lipinski definition) is 3. The van der Waals surface area contributed by atoms with Gasteiger partial charge in [0.15, 0.2) is 0 Å². The largest absolute Gasteiger partial charge is 0.475 e. The Kier molecular flexibility index (Phi) is 2.24. The summed E-state index contributed by atoms with van der Waals surface area (Å²) >= 11 is 0. The van der Waals surface area contributed by atoms with Gasteiger partial charge in [0.2, 0.25) is 5.76 Å². The molecule has 2 heterocycles. The van der Waals surface area contributed by atoms with Crippen LogP contribution in [0.3, 0.4) is 0 Å². The fraction of sp³-hybridized carbons (Fsp3) is 0.200. The Hall–Kier alpha value is -2.56. The predicted octanol–water partition coefficient (Wildman–Crippen LogP) is 3.19. The van der Waals surface area contributed by atoms with Gasteiger partial charge in [-0.2, -0.15) is 0 Å². The van der Waals surface area contributed by atoms with Crippen LogP contribution in [-0.4, -0.2) is 20.6 Å². The first-order chi connectivity index (χ1) is 9.70. The molecule has 5 heteroatoms. The highest BCUT2D eigenvalue weighted by Gasteiger charge is 2.25. The zero-order valence-electron chi connectivity index (χ0n) is 10.6. The minimum atomic E-state index is -1.05. The van der Waals surface area contributed by atoms with E-state index < -0.39 is 5.97 Å². The SMILES string of the molecule is O=C(O)c1cc2ccc(-n3cnc(C4CC4)c3)cc2o1. The van der Waals surface area contributed by atoms with E-state index in [0.717, 1.165) is 16.8 Å². The topological polar surface area (TPSA) is 68.3 Å². The molecule has 0 bridgehead atoms. The van der Waals surface area contributed by atoms with Gasteiger partial charge in [-0.25, -0.2) is 9.78 Å². The van der Waals surface area contributed by atoms with Crippen molar-refractivity contribution in [2.75, 3.05) is 0 Å². The second-order valence-electron chi connectivity index (χ2n) is 5.12. The number of aromatic carboxylic acids is 1. The normalized spacial score (nSPS) is 14.8. The van der Waals surface area contributed by atoms with Crippen molar-refractivity contribution in [3.05, 3.63) is 48.2 Å². The number of carboxylic acid groups (broad SMARTS) is 1. The molecule has 1 aromatic carbocycles. The van der Waals surface area contributed by atoms with Gasteiger partial charge < -0.3 is 14.1 Å². The summed E-state index contributed by atoms with van der Waals surface area (Å²) in [7, 11) is 0. The molecular weight excluding hydrogens is 256 g/mol. The van der Waals surface area contributed by atoms with E-state index >= 15 is 0 Å². The molecule has 100 valence electrons. The van der Waals surface area contributed by atoms with Crippen LogP contribution in [0.25, 0.3) is 16.7 Å². The number of hydrogen-bond donors (Lipinski definition) is 1. The van der Waals surface area contributed by atoms with Crippen molar-refractivity contribution in [1.82, 2.24) is 9.55 Å².